The number of amides is 1. The highest BCUT2D eigenvalue weighted by molar-refractivity contribution is 9.10. The molecule has 0 heterocycles. The number of anilines is 2. The van der Waals surface area contributed by atoms with E-state index in [0.29, 0.717) is 22.3 Å². The highest BCUT2D eigenvalue weighted by Crippen LogP contribution is 2.22. The Bertz CT molecular complexity index is 644. The van der Waals surface area contributed by atoms with Crippen LogP contribution in [0.15, 0.2) is 46.9 Å². The molecule has 0 atom stereocenters. The van der Waals surface area contributed by atoms with Crippen molar-refractivity contribution in [1.82, 2.24) is 0 Å². The quantitative estimate of drug-likeness (QED) is 0.813. The maximum Gasteiger partial charge on any atom is 0.255 e. The lowest BCUT2D eigenvalue weighted by Crippen LogP contribution is -2.14. The summed E-state index contributed by atoms with van der Waals surface area (Å²) in [5.74, 6) is -0.166. The monoisotopic (exact) mass is 348 g/mol. The van der Waals surface area contributed by atoms with Crippen LogP contribution in [0.1, 0.15) is 15.9 Å². The number of halogens is 1. The van der Waals surface area contributed by atoms with E-state index in [9.17, 15) is 4.79 Å². The second kappa shape index (κ2) is 7.24. The summed E-state index contributed by atoms with van der Waals surface area (Å²) in [5.41, 5.74) is 8.73. The van der Waals surface area contributed by atoms with Gasteiger partial charge in [-0.1, -0.05) is 18.2 Å². The van der Waals surface area contributed by atoms with Crippen molar-refractivity contribution in [3.8, 4) is 0 Å². The summed E-state index contributed by atoms with van der Waals surface area (Å²) in [6.45, 7) is 0.611. The van der Waals surface area contributed by atoms with Gasteiger partial charge in [-0.3, -0.25) is 4.79 Å². The number of nitrogens with one attached hydrogen (secondary N) is 1. The Morgan fingerprint density at radius 2 is 2.05 bits per heavy atom. The van der Waals surface area contributed by atoms with E-state index in [-0.39, 0.29) is 5.91 Å². The van der Waals surface area contributed by atoms with Gasteiger partial charge < -0.3 is 15.8 Å². The first-order valence-electron chi connectivity index (χ1n) is 6.55. The maximum absolute atomic E-state index is 12.3. The summed E-state index contributed by atoms with van der Waals surface area (Å²) in [6, 6.07) is 12.8. The molecule has 0 spiro atoms. The van der Waals surface area contributed by atoms with Crippen molar-refractivity contribution in [1.29, 1.82) is 0 Å². The van der Waals surface area contributed by atoms with Gasteiger partial charge >= 0.3 is 0 Å². The molecule has 1 amide bonds. The molecule has 2 aromatic carbocycles. The van der Waals surface area contributed by atoms with Crippen LogP contribution in [0, 0.1) is 0 Å². The van der Waals surface area contributed by atoms with E-state index >= 15 is 0 Å². The third-order valence-electron chi connectivity index (χ3n) is 3.10. The van der Waals surface area contributed by atoms with Gasteiger partial charge in [0.25, 0.3) is 5.91 Å². The van der Waals surface area contributed by atoms with Crippen LogP contribution < -0.4 is 11.1 Å². The number of nitrogens with two attached hydrogens (primary N) is 1. The smallest absolute Gasteiger partial charge is 0.255 e. The highest BCUT2D eigenvalue weighted by atomic mass is 79.9. The van der Waals surface area contributed by atoms with Gasteiger partial charge in [0.2, 0.25) is 0 Å². The number of methoxy groups -OCH3 is 1. The molecule has 0 aromatic heterocycles. The van der Waals surface area contributed by atoms with Gasteiger partial charge in [-0.2, -0.15) is 0 Å². The summed E-state index contributed by atoms with van der Waals surface area (Å²) in [5, 5.41) is 2.93. The molecular weight excluding hydrogens is 332 g/mol. The molecule has 0 saturated heterocycles. The fraction of sp³-hybridized carbons (Fsp3) is 0.188. The van der Waals surface area contributed by atoms with Crippen molar-refractivity contribution in [3.05, 3.63) is 58.1 Å². The van der Waals surface area contributed by atoms with Crippen LogP contribution >= 0.6 is 15.9 Å². The molecule has 0 fully saturated rings. The second-order valence-corrected chi connectivity index (χ2v) is 5.44. The predicted octanol–water partition coefficient (Wildman–Crippen LogP) is 3.47. The average Bonchev–Trinajstić information content (AvgIpc) is 2.49. The third kappa shape index (κ3) is 4.06. The van der Waals surface area contributed by atoms with Crippen molar-refractivity contribution in [3.63, 3.8) is 0 Å². The molecule has 0 aliphatic rings. The number of hydrogen-bond acceptors (Lipinski definition) is 3. The summed E-state index contributed by atoms with van der Waals surface area (Å²) in [7, 11) is 1.66. The Hall–Kier alpha value is -1.85. The number of hydrogen-bond donors (Lipinski definition) is 2. The number of carbonyl (C=O) groups is 1. The van der Waals surface area contributed by atoms with Gasteiger partial charge in [-0.05, 0) is 52.2 Å². The molecule has 0 unspecified atom stereocenters. The van der Waals surface area contributed by atoms with Gasteiger partial charge in [0.05, 0.1) is 6.61 Å². The summed E-state index contributed by atoms with van der Waals surface area (Å²) in [4.78, 5) is 12.3. The minimum absolute atomic E-state index is 0.166. The van der Waals surface area contributed by atoms with Crippen LogP contribution in [0.5, 0.6) is 0 Å². The number of ether oxygens (including phenoxy) is 1. The number of nitrogen functional groups attached to an aromatic ring is 1. The number of carbonyl (C=O) groups excluding carboxylic acids is 1. The van der Waals surface area contributed by atoms with Crippen LogP contribution in [0.25, 0.3) is 0 Å². The van der Waals surface area contributed by atoms with Crippen molar-refractivity contribution < 1.29 is 9.53 Å². The SMILES string of the molecule is COCCc1ccccc1NC(=O)c1ccc(N)c(Br)c1. The van der Waals surface area contributed by atoms with Gasteiger partial charge in [0.15, 0.2) is 0 Å². The normalized spacial score (nSPS) is 10.4. The molecule has 4 nitrogen and oxygen atoms in total. The van der Waals surface area contributed by atoms with Crippen LogP contribution in [0.3, 0.4) is 0 Å². The molecule has 0 saturated carbocycles. The molecule has 110 valence electrons. The Kier molecular flexibility index (Phi) is 5.36. The zero-order valence-electron chi connectivity index (χ0n) is 11.7. The molecule has 0 radical (unpaired) electrons. The van der Waals surface area contributed by atoms with Gasteiger partial charge in [0, 0.05) is 28.5 Å². The van der Waals surface area contributed by atoms with E-state index in [0.717, 1.165) is 17.7 Å². The molecule has 3 N–H and O–H groups in total. The zero-order chi connectivity index (χ0) is 15.2. The first-order valence-corrected chi connectivity index (χ1v) is 7.34. The van der Waals surface area contributed by atoms with Crippen LogP contribution in [-0.4, -0.2) is 19.6 Å². The summed E-state index contributed by atoms with van der Waals surface area (Å²) >= 11 is 3.33. The average molecular weight is 349 g/mol. The lowest BCUT2D eigenvalue weighted by Gasteiger charge is -2.11. The predicted molar refractivity (Wildman–Crippen MR) is 88.5 cm³/mol. The Morgan fingerprint density at radius 3 is 2.76 bits per heavy atom. The van der Waals surface area contributed by atoms with Gasteiger partial charge in [-0.15, -0.1) is 0 Å². The molecule has 21 heavy (non-hydrogen) atoms. The summed E-state index contributed by atoms with van der Waals surface area (Å²) < 4.78 is 5.80. The van der Waals surface area contributed by atoms with E-state index in [1.54, 1.807) is 25.3 Å². The number of rotatable bonds is 5. The van der Waals surface area contributed by atoms with Crippen molar-refractivity contribution in [2.45, 2.75) is 6.42 Å². The van der Waals surface area contributed by atoms with Gasteiger partial charge in [0.1, 0.15) is 0 Å². The zero-order valence-corrected chi connectivity index (χ0v) is 13.3. The Balaban J connectivity index is 2.17. The first-order chi connectivity index (χ1) is 10.1. The first kappa shape index (κ1) is 15.5. The van der Waals surface area contributed by atoms with Crippen LogP contribution in [0.2, 0.25) is 0 Å². The van der Waals surface area contributed by atoms with Gasteiger partial charge in [-0.25, -0.2) is 0 Å². The maximum atomic E-state index is 12.3. The standard InChI is InChI=1S/C16H17BrN2O2/c1-21-9-8-11-4-2-3-5-15(11)19-16(20)12-6-7-14(18)13(17)10-12/h2-7,10H,8-9,18H2,1H3,(H,19,20). The van der Waals surface area contributed by atoms with E-state index in [1.165, 1.54) is 0 Å². The van der Waals surface area contributed by atoms with E-state index < -0.39 is 0 Å². The topological polar surface area (TPSA) is 64.3 Å². The van der Waals surface area contributed by atoms with Crippen molar-refractivity contribution in [2.75, 3.05) is 24.8 Å². The fourth-order valence-corrected chi connectivity index (χ4v) is 2.31. The van der Waals surface area contributed by atoms with E-state index in [1.807, 2.05) is 24.3 Å². The minimum atomic E-state index is -0.166. The lowest BCUT2D eigenvalue weighted by atomic mass is 10.1. The molecule has 2 aromatic rings. The van der Waals surface area contributed by atoms with Crippen LogP contribution in [-0.2, 0) is 11.2 Å². The Morgan fingerprint density at radius 1 is 1.29 bits per heavy atom. The number of para-hydroxylation sites is 1. The van der Waals surface area contributed by atoms with Crippen LogP contribution in [0.4, 0.5) is 11.4 Å². The minimum Gasteiger partial charge on any atom is -0.398 e. The second-order valence-electron chi connectivity index (χ2n) is 4.59. The van der Waals surface area contributed by atoms with E-state index in [4.69, 9.17) is 10.5 Å². The molecule has 2 rings (SSSR count). The molecular formula is C16H17BrN2O2. The molecule has 0 aliphatic heterocycles. The summed E-state index contributed by atoms with van der Waals surface area (Å²) in [6.07, 6.45) is 0.748. The number of benzene rings is 2. The van der Waals surface area contributed by atoms with E-state index in [2.05, 4.69) is 21.2 Å². The highest BCUT2D eigenvalue weighted by Gasteiger charge is 2.10. The van der Waals surface area contributed by atoms with Crippen molar-refractivity contribution in [2.24, 2.45) is 0 Å². The molecule has 0 bridgehead atoms. The molecule has 5 heteroatoms. The van der Waals surface area contributed by atoms with Crippen molar-refractivity contribution >= 4 is 33.2 Å². The Labute approximate surface area is 132 Å². The fourth-order valence-electron chi connectivity index (χ4n) is 1.94. The lowest BCUT2D eigenvalue weighted by molar-refractivity contribution is 0.102. The third-order valence-corrected chi connectivity index (χ3v) is 3.79. The molecule has 0 aliphatic carbocycles. The largest absolute Gasteiger partial charge is 0.398 e.